The van der Waals surface area contributed by atoms with Gasteiger partial charge in [0.2, 0.25) is 0 Å². The Morgan fingerprint density at radius 1 is 1.22 bits per heavy atom. The molecule has 0 unspecified atom stereocenters. The van der Waals surface area contributed by atoms with Crippen molar-refractivity contribution < 1.29 is 19.1 Å². The van der Waals surface area contributed by atoms with Crippen LogP contribution in [-0.4, -0.2) is 49.9 Å². The molecule has 1 aliphatic rings. The first-order valence-electron chi connectivity index (χ1n) is 8.36. The van der Waals surface area contributed by atoms with Crippen LogP contribution in [0.15, 0.2) is 41.0 Å². The van der Waals surface area contributed by atoms with Crippen LogP contribution in [0.2, 0.25) is 0 Å². The maximum atomic E-state index is 12.8. The number of ether oxygens (including phenoxy) is 1. The van der Waals surface area contributed by atoms with Crippen LogP contribution in [0, 0.1) is 11.3 Å². The first-order valence-corrected chi connectivity index (χ1v) is 8.36. The summed E-state index contributed by atoms with van der Waals surface area (Å²) in [6.45, 7) is 2.60. The second kappa shape index (κ2) is 8.32. The van der Waals surface area contributed by atoms with E-state index in [-0.39, 0.29) is 24.3 Å². The minimum atomic E-state index is -0.674. The van der Waals surface area contributed by atoms with Crippen LogP contribution in [0.3, 0.4) is 0 Å². The van der Waals surface area contributed by atoms with E-state index in [1.807, 2.05) is 49.3 Å². The number of nitriles is 1. The fourth-order valence-corrected chi connectivity index (χ4v) is 2.65. The van der Waals surface area contributed by atoms with Gasteiger partial charge in [0.25, 0.3) is 11.8 Å². The normalized spacial score (nSPS) is 15.8. The van der Waals surface area contributed by atoms with Crippen LogP contribution < -0.4 is 4.90 Å². The third-order valence-corrected chi connectivity index (χ3v) is 4.17. The van der Waals surface area contributed by atoms with E-state index >= 15 is 0 Å². The van der Waals surface area contributed by atoms with Gasteiger partial charge in [-0.3, -0.25) is 19.3 Å². The Morgan fingerprint density at radius 2 is 1.85 bits per heavy atom. The molecule has 0 radical (unpaired) electrons. The molecule has 0 N–H and O–H groups in total. The van der Waals surface area contributed by atoms with Crippen LogP contribution in [0.1, 0.15) is 19.4 Å². The van der Waals surface area contributed by atoms with Crippen molar-refractivity contribution in [2.45, 2.75) is 13.8 Å². The van der Waals surface area contributed by atoms with Crippen molar-refractivity contribution in [3.8, 4) is 6.07 Å². The number of esters is 1. The van der Waals surface area contributed by atoms with Gasteiger partial charge in [-0.2, -0.15) is 5.26 Å². The molecule has 7 heteroatoms. The SMILES string of the molecule is CC(=O)OCCN1C(=O)C(C#N)=C(C)/C(=C/c2ccc(N(C)C)cc2)C1=O. The molecule has 0 atom stereocenters. The van der Waals surface area contributed by atoms with Gasteiger partial charge in [0.05, 0.1) is 6.54 Å². The van der Waals surface area contributed by atoms with Crippen molar-refractivity contribution >= 4 is 29.5 Å². The van der Waals surface area contributed by atoms with Gasteiger partial charge >= 0.3 is 5.97 Å². The predicted molar refractivity (Wildman–Crippen MR) is 100 cm³/mol. The van der Waals surface area contributed by atoms with E-state index < -0.39 is 17.8 Å². The summed E-state index contributed by atoms with van der Waals surface area (Å²) in [4.78, 5) is 39.0. The van der Waals surface area contributed by atoms with Crippen LogP contribution in [-0.2, 0) is 19.1 Å². The molecule has 1 heterocycles. The van der Waals surface area contributed by atoms with Crippen LogP contribution in [0.5, 0.6) is 0 Å². The van der Waals surface area contributed by atoms with Gasteiger partial charge in [-0.15, -0.1) is 0 Å². The number of hydrogen-bond donors (Lipinski definition) is 0. The van der Waals surface area contributed by atoms with Crippen LogP contribution >= 0.6 is 0 Å². The summed E-state index contributed by atoms with van der Waals surface area (Å²) < 4.78 is 4.82. The summed E-state index contributed by atoms with van der Waals surface area (Å²) >= 11 is 0. The van der Waals surface area contributed by atoms with E-state index in [9.17, 15) is 19.6 Å². The van der Waals surface area contributed by atoms with Crippen molar-refractivity contribution in [3.63, 3.8) is 0 Å². The Hall–Kier alpha value is -3.40. The zero-order valence-corrected chi connectivity index (χ0v) is 15.8. The second-order valence-electron chi connectivity index (χ2n) is 6.26. The number of nitrogens with zero attached hydrogens (tertiary/aromatic N) is 3. The van der Waals surface area contributed by atoms with Gasteiger partial charge in [0.15, 0.2) is 0 Å². The Kier molecular flexibility index (Phi) is 6.14. The number of rotatable bonds is 5. The van der Waals surface area contributed by atoms with Crippen molar-refractivity contribution in [2.24, 2.45) is 0 Å². The number of carbonyl (C=O) groups is 3. The van der Waals surface area contributed by atoms with Crippen molar-refractivity contribution in [1.82, 2.24) is 4.90 Å². The zero-order valence-electron chi connectivity index (χ0n) is 15.8. The number of hydrogen-bond acceptors (Lipinski definition) is 6. The highest BCUT2D eigenvalue weighted by molar-refractivity contribution is 6.19. The lowest BCUT2D eigenvalue weighted by Gasteiger charge is -2.27. The lowest BCUT2D eigenvalue weighted by atomic mass is 9.93. The number of benzene rings is 1. The number of carbonyl (C=O) groups excluding carboxylic acids is 3. The molecular weight excluding hydrogens is 346 g/mol. The van der Waals surface area contributed by atoms with Gasteiger partial charge < -0.3 is 9.64 Å². The topological polar surface area (TPSA) is 90.7 Å². The summed E-state index contributed by atoms with van der Waals surface area (Å²) in [5, 5.41) is 9.35. The first-order chi connectivity index (χ1) is 12.8. The standard InChI is InChI=1S/C20H21N3O4/c1-13-17(11-15-5-7-16(8-6-15)22(3)4)19(25)23(9-10-27-14(2)24)20(26)18(13)12-21/h5-8,11H,9-10H2,1-4H3/b17-11-. The number of amides is 2. The van der Waals surface area contributed by atoms with Gasteiger partial charge in [-0.1, -0.05) is 12.1 Å². The molecule has 0 bridgehead atoms. The molecular formula is C20H21N3O4. The Labute approximate surface area is 158 Å². The minimum absolute atomic E-state index is 0.0893. The first kappa shape index (κ1) is 19.9. The molecule has 7 nitrogen and oxygen atoms in total. The molecule has 0 saturated heterocycles. The average molecular weight is 367 g/mol. The maximum absolute atomic E-state index is 12.8. The molecule has 2 rings (SSSR count). The molecule has 0 aliphatic carbocycles. The van der Waals surface area contributed by atoms with E-state index in [1.165, 1.54) is 6.92 Å². The summed E-state index contributed by atoms with van der Waals surface area (Å²) in [6, 6.07) is 9.41. The quantitative estimate of drug-likeness (QED) is 0.449. The molecule has 0 saturated carbocycles. The predicted octanol–water partition coefficient (Wildman–Crippen LogP) is 1.91. The van der Waals surface area contributed by atoms with E-state index in [2.05, 4.69) is 0 Å². The third-order valence-electron chi connectivity index (χ3n) is 4.17. The molecule has 1 aromatic carbocycles. The highest BCUT2D eigenvalue weighted by Gasteiger charge is 2.35. The summed E-state index contributed by atoms with van der Waals surface area (Å²) in [5.41, 5.74) is 2.30. The van der Waals surface area contributed by atoms with Crippen LogP contribution in [0.4, 0.5) is 5.69 Å². The number of anilines is 1. The lowest BCUT2D eigenvalue weighted by Crippen LogP contribution is -2.44. The minimum Gasteiger partial charge on any atom is -0.464 e. The Balaban J connectivity index is 2.39. The molecule has 2 amide bonds. The van der Waals surface area contributed by atoms with E-state index in [0.29, 0.717) is 5.57 Å². The molecule has 0 aromatic heterocycles. The fraction of sp³-hybridized carbons (Fsp3) is 0.300. The highest BCUT2D eigenvalue weighted by atomic mass is 16.5. The third kappa shape index (κ3) is 4.42. The molecule has 1 aromatic rings. The molecule has 0 spiro atoms. The highest BCUT2D eigenvalue weighted by Crippen LogP contribution is 2.27. The zero-order chi connectivity index (χ0) is 20.1. The number of imide groups is 1. The van der Waals surface area contributed by atoms with Gasteiger partial charge in [0, 0.05) is 32.3 Å². The maximum Gasteiger partial charge on any atom is 0.302 e. The lowest BCUT2D eigenvalue weighted by molar-refractivity contribution is -0.147. The average Bonchev–Trinajstić information content (AvgIpc) is 2.62. The van der Waals surface area contributed by atoms with E-state index in [1.54, 1.807) is 13.0 Å². The summed E-state index contributed by atoms with van der Waals surface area (Å²) in [7, 11) is 3.85. The van der Waals surface area contributed by atoms with Crippen molar-refractivity contribution in [3.05, 3.63) is 46.5 Å². The van der Waals surface area contributed by atoms with E-state index in [0.717, 1.165) is 16.2 Å². The molecule has 27 heavy (non-hydrogen) atoms. The second-order valence-corrected chi connectivity index (χ2v) is 6.26. The molecule has 0 fully saturated rings. The Morgan fingerprint density at radius 3 is 2.37 bits per heavy atom. The van der Waals surface area contributed by atoms with Crippen LogP contribution in [0.25, 0.3) is 6.08 Å². The van der Waals surface area contributed by atoms with Gasteiger partial charge in [-0.25, -0.2) is 0 Å². The smallest absolute Gasteiger partial charge is 0.302 e. The summed E-state index contributed by atoms with van der Waals surface area (Å²) in [5.74, 6) is -1.69. The largest absolute Gasteiger partial charge is 0.464 e. The monoisotopic (exact) mass is 367 g/mol. The fourth-order valence-electron chi connectivity index (χ4n) is 2.65. The molecule has 1 aliphatic heterocycles. The Bertz CT molecular complexity index is 873. The molecule has 140 valence electrons. The van der Waals surface area contributed by atoms with Crippen molar-refractivity contribution in [2.75, 3.05) is 32.1 Å². The van der Waals surface area contributed by atoms with Crippen molar-refractivity contribution in [1.29, 1.82) is 5.26 Å². The van der Waals surface area contributed by atoms with E-state index in [4.69, 9.17) is 4.74 Å². The summed E-state index contributed by atoms with van der Waals surface area (Å²) in [6.07, 6.45) is 1.65. The van der Waals surface area contributed by atoms with Gasteiger partial charge in [0.1, 0.15) is 18.2 Å². The van der Waals surface area contributed by atoms with Gasteiger partial charge in [-0.05, 0) is 36.3 Å².